The van der Waals surface area contributed by atoms with Crippen LogP contribution in [0.4, 0.5) is 5.69 Å². The summed E-state index contributed by atoms with van der Waals surface area (Å²) in [4.78, 5) is 47.7. The van der Waals surface area contributed by atoms with Gasteiger partial charge in [0.15, 0.2) is 4.80 Å². The molecular weight excluding hydrogens is 514 g/mol. The SMILES string of the molecule is CCOC(=O)C1=C(C)N=c2s/c(=C3\C(=O)N(C)c4ccccc43)c(=O)n2[C@H]1c1c(OC)ccc2ccccc12. The number of rotatable bonds is 4. The molecule has 2 aliphatic rings. The Labute approximate surface area is 227 Å². The molecule has 0 unspecified atom stereocenters. The number of allylic oxidation sites excluding steroid dienone is 1. The van der Waals surface area contributed by atoms with Crippen LogP contribution in [0.5, 0.6) is 5.75 Å². The van der Waals surface area contributed by atoms with Gasteiger partial charge in [0.2, 0.25) is 0 Å². The summed E-state index contributed by atoms with van der Waals surface area (Å²) in [7, 11) is 3.25. The number of ether oxygens (including phenoxy) is 2. The highest BCUT2D eigenvalue weighted by Crippen LogP contribution is 2.40. The van der Waals surface area contributed by atoms with Crippen molar-refractivity contribution in [3.63, 3.8) is 0 Å². The van der Waals surface area contributed by atoms with Gasteiger partial charge in [0.1, 0.15) is 16.3 Å². The number of amides is 1. The molecule has 2 aliphatic heterocycles. The predicted molar refractivity (Wildman–Crippen MR) is 150 cm³/mol. The maximum atomic E-state index is 14.3. The highest BCUT2D eigenvalue weighted by molar-refractivity contribution is 7.07. The molecule has 0 bridgehead atoms. The number of para-hydroxylation sites is 1. The molecule has 196 valence electrons. The summed E-state index contributed by atoms with van der Waals surface area (Å²) in [6, 6.07) is 18.0. The van der Waals surface area contributed by atoms with E-state index in [1.807, 2.05) is 60.7 Å². The van der Waals surface area contributed by atoms with Crippen molar-refractivity contribution in [1.82, 2.24) is 4.57 Å². The maximum Gasteiger partial charge on any atom is 0.338 e. The molecule has 3 aromatic carbocycles. The molecule has 0 saturated carbocycles. The van der Waals surface area contributed by atoms with Crippen LogP contribution < -0.4 is 24.5 Å². The summed E-state index contributed by atoms with van der Waals surface area (Å²) >= 11 is 1.15. The van der Waals surface area contributed by atoms with Crippen molar-refractivity contribution < 1.29 is 19.1 Å². The quantitative estimate of drug-likeness (QED) is 0.371. The molecule has 0 aliphatic carbocycles. The van der Waals surface area contributed by atoms with Crippen molar-refractivity contribution in [1.29, 1.82) is 0 Å². The number of thiazole rings is 1. The Morgan fingerprint density at radius 2 is 1.79 bits per heavy atom. The summed E-state index contributed by atoms with van der Waals surface area (Å²) in [5.41, 5.74) is 2.71. The van der Waals surface area contributed by atoms with Crippen LogP contribution in [0.2, 0.25) is 0 Å². The smallest absolute Gasteiger partial charge is 0.338 e. The molecule has 3 heterocycles. The zero-order valence-corrected chi connectivity index (χ0v) is 22.7. The summed E-state index contributed by atoms with van der Waals surface area (Å²) < 4.78 is 13.0. The Morgan fingerprint density at radius 1 is 1.05 bits per heavy atom. The number of methoxy groups -OCH3 is 1. The minimum absolute atomic E-state index is 0.168. The highest BCUT2D eigenvalue weighted by atomic mass is 32.1. The topological polar surface area (TPSA) is 90.2 Å². The zero-order chi connectivity index (χ0) is 27.4. The van der Waals surface area contributed by atoms with Gasteiger partial charge in [0.25, 0.3) is 11.5 Å². The zero-order valence-electron chi connectivity index (χ0n) is 21.8. The third kappa shape index (κ3) is 3.64. The van der Waals surface area contributed by atoms with Gasteiger partial charge >= 0.3 is 5.97 Å². The second kappa shape index (κ2) is 9.36. The molecule has 1 atom stereocenters. The van der Waals surface area contributed by atoms with Crippen molar-refractivity contribution in [2.45, 2.75) is 19.9 Å². The number of esters is 1. The molecule has 0 N–H and O–H groups in total. The second-order valence-electron chi connectivity index (χ2n) is 9.28. The van der Waals surface area contributed by atoms with Crippen LogP contribution in [0, 0.1) is 0 Å². The molecule has 8 nitrogen and oxygen atoms in total. The number of carbonyl (C=O) groups excluding carboxylic acids is 2. The van der Waals surface area contributed by atoms with Gasteiger partial charge in [-0.1, -0.05) is 59.9 Å². The number of anilines is 1. The van der Waals surface area contributed by atoms with E-state index < -0.39 is 17.6 Å². The Balaban J connectivity index is 1.74. The number of hydrogen-bond acceptors (Lipinski definition) is 7. The molecule has 0 fully saturated rings. The van der Waals surface area contributed by atoms with Crippen molar-refractivity contribution in [3.05, 3.63) is 103 Å². The van der Waals surface area contributed by atoms with Gasteiger partial charge in [-0.25, -0.2) is 9.79 Å². The Kier molecular flexibility index (Phi) is 5.95. The number of likely N-dealkylation sites (N-methyl/N-ethyl adjacent to an activating group) is 1. The third-order valence-electron chi connectivity index (χ3n) is 7.20. The number of fused-ring (bicyclic) bond motifs is 3. The minimum atomic E-state index is -0.875. The Bertz CT molecular complexity index is 1920. The lowest BCUT2D eigenvalue weighted by Gasteiger charge is -2.27. The van der Waals surface area contributed by atoms with Gasteiger partial charge in [-0.15, -0.1) is 0 Å². The molecule has 0 spiro atoms. The second-order valence-corrected chi connectivity index (χ2v) is 10.3. The number of benzene rings is 3. The average molecular weight is 540 g/mol. The fraction of sp³-hybridized carbons (Fsp3) is 0.200. The Morgan fingerprint density at radius 3 is 2.56 bits per heavy atom. The number of aromatic nitrogens is 1. The first-order chi connectivity index (χ1) is 18.9. The first kappa shape index (κ1) is 24.8. The normalized spacial score (nSPS) is 17.7. The molecular formula is C30H25N3O5S. The van der Waals surface area contributed by atoms with Gasteiger partial charge < -0.3 is 14.4 Å². The average Bonchev–Trinajstić information content (AvgIpc) is 3.39. The van der Waals surface area contributed by atoms with Crippen molar-refractivity contribution in [3.8, 4) is 5.75 Å². The van der Waals surface area contributed by atoms with Crippen LogP contribution in [-0.2, 0) is 14.3 Å². The first-order valence-electron chi connectivity index (χ1n) is 12.5. The number of hydrogen-bond donors (Lipinski definition) is 0. The van der Waals surface area contributed by atoms with Gasteiger partial charge in [-0.3, -0.25) is 14.2 Å². The largest absolute Gasteiger partial charge is 0.496 e. The highest BCUT2D eigenvalue weighted by Gasteiger charge is 2.38. The molecule has 39 heavy (non-hydrogen) atoms. The van der Waals surface area contributed by atoms with Crippen LogP contribution >= 0.6 is 11.3 Å². The molecule has 4 aromatic rings. The fourth-order valence-electron chi connectivity index (χ4n) is 5.44. The van der Waals surface area contributed by atoms with Crippen LogP contribution in [-0.4, -0.2) is 37.2 Å². The van der Waals surface area contributed by atoms with E-state index in [2.05, 4.69) is 4.99 Å². The van der Waals surface area contributed by atoms with Gasteiger partial charge in [0.05, 0.1) is 36.2 Å². The van der Waals surface area contributed by atoms with E-state index in [1.165, 1.54) is 4.57 Å². The molecule has 0 saturated heterocycles. The predicted octanol–water partition coefficient (Wildman–Crippen LogP) is 3.31. The van der Waals surface area contributed by atoms with Gasteiger partial charge in [-0.05, 0) is 36.8 Å². The van der Waals surface area contributed by atoms with E-state index in [1.54, 1.807) is 32.9 Å². The van der Waals surface area contributed by atoms with Crippen molar-refractivity contribution >= 4 is 45.2 Å². The van der Waals surface area contributed by atoms with Crippen LogP contribution in [0.1, 0.15) is 31.0 Å². The number of carbonyl (C=O) groups is 2. The molecule has 6 rings (SSSR count). The van der Waals surface area contributed by atoms with Crippen LogP contribution in [0.3, 0.4) is 0 Å². The van der Waals surface area contributed by atoms with Crippen LogP contribution in [0.15, 0.2) is 81.7 Å². The molecule has 9 heteroatoms. The molecule has 1 aromatic heterocycles. The van der Waals surface area contributed by atoms with Gasteiger partial charge in [-0.2, -0.15) is 0 Å². The summed E-state index contributed by atoms with van der Waals surface area (Å²) in [5.74, 6) is -0.295. The molecule has 1 amide bonds. The lowest BCUT2D eigenvalue weighted by atomic mass is 9.90. The monoisotopic (exact) mass is 539 g/mol. The van der Waals surface area contributed by atoms with E-state index in [9.17, 15) is 14.4 Å². The van der Waals surface area contributed by atoms with E-state index in [-0.39, 0.29) is 22.6 Å². The minimum Gasteiger partial charge on any atom is -0.496 e. The first-order valence-corrected chi connectivity index (χ1v) is 13.3. The lowest BCUT2D eigenvalue weighted by molar-refractivity contribution is -0.139. The lowest BCUT2D eigenvalue weighted by Crippen LogP contribution is -2.41. The maximum absolute atomic E-state index is 14.3. The van der Waals surface area contributed by atoms with Crippen molar-refractivity contribution in [2.75, 3.05) is 25.7 Å². The summed E-state index contributed by atoms with van der Waals surface area (Å²) in [5, 5.41) is 1.76. The van der Waals surface area contributed by atoms with Crippen molar-refractivity contribution in [2.24, 2.45) is 4.99 Å². The molecule has 0 radical (unpaired) electrons. The van der Waals surface area contributed by atoms with Gasteiger partial charge in [0, 0.05) is 18.2 Å². The summed E-state index contributed by atoms with van der Waals surface area (Å²) in [6.45, 7) is 3.64. The summed E-state index contributed by atoms with van der Waals surface area (Å²) in [6.07, 6.45) is 0. The van der Waals surface area contributed by atoms with E-state index in [0.29, 0.717) is 32.9 Å². The van der Waals surface area contributed by atoms with E-state index in [0.717, 1.165) is 27.8 Å². The van der Waals surface area contributed by atoms with Crippen LogP contribution in [0.25, 0.3) is 16.3 Å². The fourth-order valence-corrected chi connectivity index (χ4v) is 6.58. The van der Waals surface area contributed by atoms with E-state index >= 15 is 0 Å². The Hall–Kier alpha value is -4.50. The third-order valence-corrected chi connectivity index (χ3v) is 8.25. The number of nitrogens with zero attached hydrogens (tertiary/aromatic N) is 3. The van der Waals surface area contributed by atoms with E-state index in [4.69, 9.17) is 9.47 Å². The standard InChI is InChI=1S/C30H25N3O5S/c1-5-38-29(36)22-16(2)31-30-33(25(22)23-18-11-7-6-10-17(18)14-15-21(23)37-4)28(35)26(39-30)24-19-12-8-9-13-20(19)32(3)27(24)34/h6-15,25H,5H2,1-4H3/b26-24-/t25-/m1/s1.